The SMILES string of the molecule is CN(C)C(=O)CCNc1nccc(N)n1. The fourth-order valence-corrected chi connectivity index (χ4v) is 0.963. The van der Waals surface area contributed by atoms with E-state index in [9.17, 15) is 4.79 Å². The number of carbonyl (C=O) groups is 1. The highest BCUT2D eigenvalue weighted by atomic mass is 16.2. The van der Waals surface area contributed by atoms with Crippen molar-refractivity contribution in [1.29, 1.82) is 0 Å². The molecule has 0 spiro atoms. The summed E-state index contributed by atoms with van der Waals surface area (Å²) in [5.41, 5.74) is 5.47. The van der Waals surface area contributed by atoms with Crippen LogP contribution in [-0.2, 0) is 4.79 Å². The molecule has 6 heteroatoms. The summed E-state index contributed by atoms with van der Waals surface area (Å²) >= 11 is 0. The summed E-state index contributed by atoms with van der Waals surface area (Å²) in [4.78, 5) is 20.7. The molecule has 15 heavy (non-hydrogen) atoms. The molecule has 3 N–H and O–H groups in total. The Kier molecular flexibility index (Phi) is 3.84. The minimum Gasteiger partial charge on any atom is -0.384 e. The maximum Gasteiger partial charge on any atom is 0.224 e. The first-order valence-electron chi connectivity index (χ1n) is 4.62. The van der Waals surface area contributed by atoms with Gasteiger partial charge in [-0.1, -0.05) is 0 Å². The van der Waals surface area contributed by atoms with E-state index in [0.29, 0.717) is 24.7 Å². The van der Waals surface area contributed by atoms with Gasteiger partial charge in [-0.05, 0) is 6.07 Å². The summed E-state index contributed by atoms with van der Waals surface area (Å²) in [5.74, 6) is 0.916. The van der Waals surface area contributed by atoms with Crippen molar-refractivity contribution in [2.75, 3.05) is 31.7 Å². The van der Waals surface area contributed by atoms with Gasteiger partial charge >= 0.3 is 0 Å². The van der Waals surface area contributed by atoms with Crippen LogP contribution in [0.3, 0.4) is 0 Å². The molecule has 1 aromatic rings. The molecule has 6 nitrogen and oxygen atoms in total. The van der Waals surface area contributed by atoms with Crippen LogP contribution in [0.4, 0.5) is 11.8 Å². The molecular weight excluding hydrogens is 194 g/mol. The molecule has 0 saturated carbocycles. The van der Waals surface area contributed by atoms with Crippen molar-refractivity contribution in [2.24, 2.45) is 0 Å². The molecule has 0 radical (unpaired) electrons. The number of amides is 1. The number of carbonyl (C=O) groups excluding carboxylic acids is 1. The molecule has 0 aliphatic rings. The molecule has 0 saturated heterocycles. The van der Waals surface area contributed by atoms with E-state index in [4.69, 9.17) is 5.73 Å². The van der Waals surface area contributed by atoms with Crippen LogP contribution in [0.5, 0.6) is 0 Å². The van der Waals surface area contributed by atoms with Gasteiger partial charge < -0.3 is 16.0 Å². The van der Waals surface area contributed by atoms with Gasteiger partial charge in [-0.25, -0.2) is 4.98 Å². The number of nitrogen functional groups attached to an aromatic ring is 1. The number of nitrogens with zero attached hydrogens (tertiary/aromatic N) is 3. The van der Waals surface area contributed by atoms with E-state index in [1.165, 1.54) is 0 Å². The van der Waals surface area contributed by atoms with Gasteiger partial charge in [0.15, 0.2) is 0 Å². The van der Waals surface area contributed by atoms with Crippen LogP contribution < -0.4 is 11.1 Å². The predicted molar refractivity (Wildman–Crippen MR) is 58.2 cm³/mol. The summed E-state index contributed by atoms with van der Waals surface area (Å²) in [6.07, 6.45) is 1.98. The Morgan fingerprint density at radius 1 is 1.60 bits per heavy atom. The van der Waals surface area contributed by atoms with Gasteiger partial charge in [-0.2, -0.15) is 4.98 Å². The monoisotopic (exact) mass is 209 g/mol. The highest BCUT2D eigenvalue weighted by Gasteiger charge is 2.03. The molecule has 1 amide bonds. The van der Waals surface area contributed by atoms with Crippen molar-refractivity contribution >= 4 is 17.7 Å². The third-order valence-corrected chi connectivity index (χ3v) is 1.80. The molecule has 1 aromatic heterocycles. The summed E-state index contributed by atoms with van der Waals surface area (Å²) < 4.78 is 0. The molecule has 0 aliphatic carbocycles. The number of hydrogen-bond acceptors (Lipinski definition) is 5. The Labute approximate surface area is 88.5 Å². The van der Waals surface area contributed by atoms with Gasteiger partial charge in [0.25, 0.3) is 0 Å². The zero-order valence-electron chi connectivity index (χ0n) is 8.90. The van der Waals surface area contributed by atoms with Gasteiger partial charge in [-0.3, -0.25) is 4.79 Å². The fourth-order valence-electron chi connectivity index (χ4n) is 0.963. The smallest absolute Gasteiger partial charge is 0.224 e. The van der Waals surface area contributed by atoms with E-state index in [2.05, 4.69) is 15.3 Å². The zero-order chi connectivity index (χ0) is 11.3. The van der Waals surface area contributed by atoms with Gasteiger partial charge in [0.1, 0.15) is 5.82 Å². The Morgan fingerprint density at radius 2 is 2.33 bits per heavy atom. The van der Waals surface area contributed by atoms with E-state index in [1.54, 1.807) is 31.3 Å². The lowest BCUT2D eigenvalue weighted by atomic mass is 10.4. The van der Waals surface area contributed by atoms with Crippen LogP contribution in [-0.4, -0.2) is 41.4 Å². The molecule has 0 atom stereocenters. The third-order valence-electron chi connectivity index (χ3n) is 1.80. The van der Waals surface area contributed by atoms with E-state index in [0.717, 1.165) is 0 Å². The normalized spacial score (nSPS) is 9.73. The van der Waals surface area contributed by atoms with Crippen molar-refractivity contribution < 1.29 is 4.79 Å². The molecule has 0 aromatic carbocycles. The van der Waals surface area contributed by atoms with Crippen molar-refractivity contribution in [1.82, 2.24) is 14.9 Å². The van der Waals surface area contributed by atoms with Gasteiger partial charge in [0.2, 0.25) is 11.9 Å². The van der Waals surface area contributed by atoms with Gasteiger partial charge in [0.05, 0.1) is 0 Å². The first-order chi connectivity index (χ1) is 7.09. The fraction of sp³-hybridized carbons (Fsp3) is 0.444. The van der Waals surface area contributed by atoms with Crippen molar-refractivity contribution in [3.8, 4) is 0 Å². The minimum absolute atomic E-state index is 0.0615. The van der Waals surface area contributed by atoms with Crippen molar-refractivity contribution in [3.05, 3.63) is 12.3 Å². The van der Waals surface area contributed by atoms with Crippen LogP contribution in [0, 0.1) is 0 Å². The second-order valence-electron chi connectivity index (χ2n) is 3.27. The van der Waals surface area contributed by atoms with Gasteiger partial charge in [0, 0.05) is 33.3 Å². The second-order valence-corrected chi connectivity index (χ2v) is 3.27. The average molecular weight is 209 g/mol. The van der Waals surface area contributed by atoms with Crippen LogP contribution in [0.2, 0.25) is 0 Å². The van der Waals surface area contributed by atoms with E-state index < -0.39 is 0 Å². The summed E-state index contributed by atoms with van der Waals surface area (Å²) in [7, 11) is 3.44. The van der Waals surface area contributed by atoms with Crippen molar-refractivity contribution in [2.45, 2.75) is 6.42 Å². The molecule has 1 heterocycles. The largest absolute Gasteiger partial charge is 0.384 e. The Morgan fingerprint density at radius 3 is 2.93 bits per heavy atom. The summed E-state index contributed by atoms with van der Waals surface area (Å²) in [6.45, 7) is 0.500. The highest BCUT2D eigenvalue weighted by Crippen LogP contribution is 2.00. The zero-order valence-corrected chi connectivity index (χ0v) is 8.90. The first-order valence-corrected chi connectivity index (χ1v) is 4.62. The maximum absolute atomic E-state index is 11.2. The predicted octanol–water partition coefficient (Wildman–Crippen LogP) is -0.0510. The van der Waals surface area contributed by atoms with Crippen LogP contribution >= 0.6 is 0 Å². The van der Waals surface area contributed by atoms with E-state index in [-0.39, 0.29) is 5.91 Å². The Hall–Kier alpha value is -1.85. The van der Waals surface area contributed by atoms with E-state index >= 15 is 0 Å². The standard InChI is InChI=1S/C9H15N5O/c1-14(2)8(15)4-6-12-9-11-5-3-7(10)13-9/h3,5H,4,6H2,1-2H3,(H3,10,11,12,13). The lowest BCUT2D eigenvalue weighted by Crippen LogP contribution is -2.24. The summed E-state index contributed by atoms with van der Waals surface area (Å²) in [5, 5.41) is 2.92. The van der Waals surface area contributed by atoms with Crippen LogP contribution in [0.25, 0.3) is 0 Å². The maximum atomic E-state index is 11.2. The number of hydrogen-bond donors (Lipinski definition) is 2. The molecular formula is C9H15N5O. The van der Waals surface area contributed by atoms with E-state index in [1.807, 2.05) is 0 Å². The molecule has 1 rings (SSSR count). The number of rotatable bonds is 4. The number of nitrogens with one attached hydrogen (secondary N) is 1. The molecule has 82 valence electrons. The van der Waals surface area contributed by atoms with Gasteiger partial charge in [-0.15, -0.1) is 0 Å². The molecule has 0 aliphatic heterocycles. The lowest BCUT2D eigenvalue weighted by Gasteiger charge is -2.10. The summed E-state index contributed by atoms with van der Waals surface area (Å²) in [6, 6.07) is 1.61. The van der Waals surface area contributed by atoms with Crippen molar-refractivity contribution in [3.63, 3.8) is 0 Å². The molecule has 0 unspecified atom stereocenters. The third kappa shape index (κ3) is 3.80. The first kappa shape index (κ1) is 11.2. The average Bonchev–Trinajstić information content (AvgIpc) is 2.17. The topological polar surface area (TPSA) is 84.1 Å². The Balaban J connectivity index is 2.35. The van der Waals surface area contributed by atoms with Crippen LogP contribution in [0.15, 0.2) is 12.3 Å². The number of nitrogens with two attached hydrogens (primary N) is 1. The quantitative estimate of drug-likeness (QED) is 0.726. The molecule has 0 fully saturated rings. The number of aromatic nitrogens is 2. The highest BCUT2D eigenvalue weighted by molar-refractivity contribution is 5.75. The molecule has 0 bridgehead atoms. The minimum atomic E-state index is 0.0615. The second kappa shape index (κ2) is 5.14. The lowest BCUT2D eigenvalue weighted by molar-refractivity contribution is -0.128. The number of anilines is 2. The van der Waals surface area contributed by atoms with Crippen LogP contribution in [0.1, 0.15) is 6.42 Å². The Bertz CT molecular complexity index is 339.